The van der Waals surface area contributed by atoms with Gasteiger partial charge in [0.15, 0.2) is 0 Å². The molecule has 1 heterocycles. The van der Waals surface area contributed by atoms with Gasteiger partial charge in [0, 0.05) is 17.1 Å². The van der Waals surface area contributed by atoms with E-state index in [-0.39, 0.29) is 21.5 Å². The molecule has 2 aromatic rings. The Morgan fingerprint density at radius 3 is 2.27 bits per heavy atom. The molecule has 26 heavy (non-hydrogen) atoms. The van der Waals surface area contributed by atoms with Crippen molar-refractivity contribution in [3.05, 3.63) is 45.0 Å². The zero-order valence-corrected chi connectivity index (χ0v) is 14.9. The fourth-order valence-electron chi connectivity index (χ4n) is 6.22. The molecule has 6 heteroatoms. The second-order valence-corrected chi connectivity index (χ2v) is 8.88. The molecular weight excluding hydrogens is 357 g/mol. The van der Waals surface area contributed by atoms with Gasteiger partial charge in [-0.05, 0) is 68.4 Å². The van der Waals surface area contributed by atoms with Crippen LogP contribution in [0.2, 0.25) is 5.02 Å². The van der Waals surface area contributed by atoms with Crippen LogP contribution in [0.5, 0.6) is 0 Å². The summed E-state index contributed by atoms with van der Waals surface area (Å²) in [6.45, 7) is 0. The summed E-state index contributed by atoms with van der Waals surface area (Å²) in [5.74, 6) is 0.0828. The van der Waals surface area contributed by atoms with Crippen molar-refractivity contribution in [1.29, 1.82) is 0 Å². The molecular formula is C20H19ClFNO3. The fraction of sp³-hybridized carbons (Fsp3) is 0.500. The largest absolute Gasteiger partial charge is 0.477 e. The van der Waals surface area contributed by atoms with Crippen LogP contribution in [0.1, 0.15) is 48.9 Å². The minimum atomic E-state index is -1.25. The van der Waals surface area contributed by atoms with Crippen molar-refractivity contribution < 1.29 is 14.3 Å². The highest BCUT2D eigenvalue weighted by molar-refractivity contribution is 6.31. The zero-order chi connectivity index (χ0) is 18.2. The van der Waals surface area contributed by atoms with Crippen LogP contribution >= 0.6 is 11.6 Å². The average molecular weight is 376 g/mol. The van der Waals surface area contributed by atoms with E-state index in [0.717, 1.165) is 19.3 Å². The molecule has 0 unspecified atom stereocenters. The standard InChI is InChI=1S/C20H19ClFNO3/c21-15-4-13-17(5-16(15)22)23(9-14(18(13)24)19(25)26)20-6-10-1-11(7-20)3-12(2-10)8-20/h4-5,9-12H,1-3,6-8H2,(H,25,26). The number of carboxylic acid groups (broad SMARTS) is 1. The van der Waals surface area contributed by atoms with Crippen molar-refractivity contribution in [2.75, 3.05) is 0 Å². The molecule has 0 spiro atoms. The third-order valence-corrected chi connectivity index (χ3v) is 7.08. The SMILES string of the molecule is O=C(O)c1cn(C23CC4CC(CC(C4)C2)C3)c2cc(F)c(Cl)cc2c1=O. The molecule has 6 rings (SSSR count). The number of aromatic nitrogens is 1. The topological polar surface area (TPSA) is 59.3 Å². The van der Waals surface area contributed by atoms with Crippen LogP contribution in [0.15, 0.2) is 23.1 Å². The molecule has 1 N–H and O–H groups in total. The summed E-state index contributed by atoms with van der Waals surface area (Å²) in [7, 11) is 0. The van der Waals surface area contributed by atoms with Crippen molar-refractivity contribution >= 4 is 28.5 Å². The number of hydrogen-bond donors (Lipinski definition) is 1. The molecule has 4 nitrogen and oxygen atoms in total. The van der Waals surface area contributed by atoms with Gasteiger partial charge in [0.05, 0.1) is 10.5 Å². The Bertz CT molecular complexity index is 977. The summed E-state index contributed by atoms with van der Waals surface area (Å²) in [6, 6.07) is 2.57. The van der Waals surface area contributed by atoms with Gasteiger partial charge in [-0.15, -0.1) is 0 Å². The molecule has 4 fully saturated rings. The summed E-state index contributed by atoms with van der Waals surface area (Å²) in [5.41, 5.74) is -0.624. The number of rotatable bonds is 2. The van der Waals surface area contributed by atoms with Gasteiger partial charge >= 0.3 is 5.97 Å². The smallest absolute Gasteiger partial charge is 0.341 e. The first kappa shape index (κ1) is 16.3. The Labute approximate surface area is 154 Å². The van der Waals surface area contributed by atoms with Crippen molar-refractivity contribution in [2.45, 2.75) is 44.1 Å². The quantitative estimate of drug-likeness (QED) is 0.845. The minimum absolute atomic E-state index is 0.158. The van der Waals surface area contributed by atoms with E-state index in [1.807, 2.05) is 4.57 Å². The number of carbonyl (C=O) groups is 1. The maximum atomic E-state index is 14.2. The molecule has 4 bridgehead atoms. The maximum absolute atomic E-state index is 14.2. The van der Waals surface area contributed by atoms with E-state index in [1.165, 1.54) is 37.6 Å². The van der Waals surface area contributed by atoms with Gasteiger partial charge in [-0.2, -0.15) is 0 Å². The first-order chi connectivity index (χ1) is 12.4. The molecule has 136 valence electrons. The van der Waals surface area contributed by atoms with Gasteiger partial charge < -0.3 is 9.67 Å². The third kappa shape index (κ3) is 2.19. The van der Waals surface area contributed by atoms with E-state index in [9.17, 15) is 19.1 Å². The molecule has 4 saturated carbocycles. The lowest BCUT2D eigenvalue weighted by Gasteiger charge is -2.57. The molecule has 1 aromatic carbocycles. The first-order valence-electron chi connectivity index (χ1n) is 9.14. The summed E-state index contributed by atoms with van der Waals surface area (Å²) in [5, 5.41) is 9.56. The molecule has 1 aromatic heterocycles. The Morgan fingerprint density at radius 1 is 1.15 bits per heavy atom. The van der Waals surface area contributed by atoms with Crippen molar-refractivity contribution in [2.24, 2.45) is 17.8 Å². The van der Waals surface area contributed by atoms with Gasteiger partial charge in [0.25, 0.3) is 0 Å². The predicted molar refractivity (Wildman–Crippen MR) is 96.3 cm³/mol. The molecule has 4 aliphatic carbocycles. The Hall–Kier alpha value is -1.88. The number of aromatic carboxylic acids is 1. The predicted octanol–water partition coefficient (Wildman–Crippen LogP) is 4.42. The molecule has 0 aliphatic heterocycles. The number of carboxylic acids is 1. The van der Waals surface area contributed by atoms with E-state index in [4.69, 9.17) is 11.6 Å². The second kappa shape index (κ2) is 5.32. The molecule has 0 saturated heterocycles. The van der Waals surface area contributed by atoms with Crippen LogP contribution in [0.25, 0.3) is 10.9 Å². The van der Waals surface area contributed by atoms with Gasteiger partial charge in [0.1, 0.15) is 11.4 Å². The zero-order valence-electron chi connectivity index (χ0n) is 14.2. The van der Waals surface area contributed by atoms with Crippen LogP contribution in [0.4, 0.5) is 4.39 Å². The fourth-order valence-corrected chi connectivity index (χ4v) is 6.39. The lowest BCUT2D eigenvalue weighted by Crippen LogP contribution is -2.52. The van der Waals surface area contributed by atoms with Crippen LogP contribution in [0, 0.1) is 23.6 Å². The minimum Gasteiger partial charge on any atom is -0.477 e. The average Bonchev–Trinajstić information content (AvgIpc) is 2.55. The number of hydrogen-bond acceptors (Lipinski definition) is 2. The summed E-state index contributed by atoms with van der Waals surface area (Å²) in [4.78, 5) is 24.3. The Kier molecular flexibility index (Phi) is 3.34. The lowest BCUT2D eigenvalue weighted by molar-refractivity contribution is -0.0411. The van der Waals surface area contributed by atoms with Crippen LogP contribution in [-0.4, -0.2) is 15.6 Å². The normalized spacial score (nSPS) is 32.3. The second-order valence-electron chi connectivity index (χ2n) is 8.47. The van der Waals surface area contributed by atoms with Gasteiger partial charge in [0.2, 0.25) is 5.43 Å². The Morgan fingerprint density at radius 2 is 1.73 bits per heavy atom. The van der Waals surface area contributed by atoms with Crippen LogP contribution < -0.4 is 5.43 Å². The number of fused-ring (bicyclic) bond motifs is 1. The molecule has 0 atom stereocenters. The van der Waals surface area contributed by atoms with E-state index < -0.39 is 17.2 Å². The van der Waals surface area contributed by atoms with E-state index >= 15 is 0 Å². The third-order valence-electron chi connectivity index (χ3n) is 6.79. The summed E-state index contributed by atoms with van der Waals surface area (Å²) in [6.07, 6.45) is 8.09. The van der Waals surface area contributed by atoms with Crippen molar-refractivity contribution in [3.8, 4) is 0 Å². The van der Waals surface area contributed by atoms with E-state index in [1.54, 1.807) is 0 Å². The number of halogens is 2. The van der Waals surface area contributed by atoms with Crippen molar-refractivity contribution in [3.63, 3.8) is 0 Å². The Balaban J connectivity index is 1.82. The number of pyridine rings is 1. The lowest BCUT2D eigenvalue weighted by atomic mass is 9.53. The van der Waals surface area contributed by atoms with Gasteiger partial charge in [-0.25, -0.2) is 9.18 Å². The highest BCUT2D eigenvalue weighted by Crippen LogP contribution is 2.59. The van der Waals surface area contributed by atoms with E-state index in [2.05, 4.69) is 0 Å². The van der Waals surface area contributed by atoms with Crippen LogP contribution in [-0.2, 0) is 5.54 Å². The molecule has 0 amide bonds. The highest BCUT2D eigenvalue weighted by Gasteiger charge is 2.52. The summed E-state index contributed by atoms with van der Waals surface area (Å²) < 4.78 is 16.1. The van der Waals surface area contributed by atoms with Gasteiger partial charge in [-0.3, -0.25) is 4.79 Å². The number of nitrogens with zero attached hydrogens (tertiary/aromatic N) is 1. The summed E-state index contributed by atoms with van der Waals surface area (Å²) >= 11 is 5.89. The molecule has 4 aliphatic rings. The van der Waals surface area contributed by atoms with Gasteiger partial charge in [-0.1, -0.05) is 11.6 Å². The van der Waals surface area contributed by atoms with Crippen molar-refractivity contribution in [1.82, 2.24) is 4.57 Å². The first-order valence-corrected chi connectivity index (χ1v) is 9.52. The maximum Gasteiger partial charge on any atom is 0.341 e. The monoisotopic (exact) mass is 375 g/mol. The van der Waals surface area contributed by atoms with E-state index in [0.29, 0.717) is 23.3 Å². The number of benzene rings is 1. The van der Waals surface area contributed by atoms with Crippen LogP contribution in [0.3, 0.4) is 0 Å². The molecule has 0 radical (unpaired) electrons. The highest BCUT2D eigenvalue weighted by atomic mass is 35.5.